The van der Waals surface area contributed by atoms with Crippen molar-refractivity contribution in [2.24, 2.45) is 0 Å². The second-order valence-electron chi connectivity index (χ2n) is 3.76. The first-order valence-electron chi connectivity index (χ1n) is 5.50. The van der Waals surface area contributed by atoms with E-state index in [9.17, 15) is 9.59 Å². The molecule has 2 amide bonds. The molecule has 1 atom stereocenters. The van der Waals surface area contributed by atoms with Crippen LogP contribution >= 0.6 is 11.8 Å². The minimum Gasteiger partial charge on any atom is -0.317 e. The number of nitrogens with one attached hydrogen (secondary N) is 1. The van der Waals surface area contributed by atoms with Crippen LogP contribution in [-0.2, 0) is 14.4 Å². The van der Waals surface area contributed by atoms with Crippen LogP contribution in [0.25, 0.3) is 0 Å². The van der Waals surface area contributed by atoms with E-state index in [2.05, 4.69) is 10.3 Å². The zero-order valence-corrected chi connectivity index (χ0v) is 11.2. The monoisotopic (exact) mass is 258 g/mol. The quantitative estimate of drug-likeness (QED) is 0.602. The van der Waals surface area contributed by atoms with E-state index in [1.807, 2.05) is 13.0 Å². The average molecular weight is 258 g/mol. The molecule has 1 N–H and O–H groups in total. The molecule has 1 rings (SSSR count). The summed E-state index contributed by atoms with van der Waals surface area (Å²) < 4.78 is 0. The lowest BCUT2D eigenvalue weighted by Crippen LogP contribution is -2.47. The molecule has 0 aromatic heterocycles. The van der Waals surface area contributed by atoms with E-state index in [0.29, 0.717) is 17.2 Å². The zero-order chi connectivity index (χ0) is 12.8. The van der Waals surface area contributed by atoms with Crippen molar-refractivity contribution in [2.45, 2.75) is 26.3 Å². The highest BCUT2D eigenvalue weighted by atomic mass is 32.2. The Morgan fingerprint density at radius 3 is 2.88 bits per heavy atom. The summed E-state index contributed by atoms with van der Waals surface area (Å²) in [6.07, 6.45) is 2.68. The van der Waals surface area contributed by atoms with Crippen LogP contribution < -0.4 is 5.48 Å². The van der Waals surface area contributed by atoms with Crippen molar-refractivity contribution in [2.75, 3.05) is 18.7 Å². The SMILES string of the molecule is CC/C=C(/C)C(=O)N1CSC[C@H]1C(=O)NOC. The van der Waals surface area contributed by atoms with Crippen LogP contribution in [0.15, 0.2) is 11.6 Å². The van der Waals surface area contributed by atoms with Crippen molar-refractivity contribution >= 4 is 23.6 Å². The zero-order valence-electron chi connectivity index (χ0n) is 10.4. The van der Waals surface area contributed by atoms with Gasteiger partial charge in [-0.15, -0.1) is 11.8 Å². The van der Waals surface area contributed by atoms with Crippen molar-refractivity contribution in [1.29, 1.82) is 0 Å². The smallest absolute Gasteiger partial charge is 0.267 e. The molecule has 1 aliphatic rings. The fourth-order valence-corrected chi connectivity index (χ4v) is 2.80. The molecule has 1 fully saturated rings. The largest absolute Gasteiger partial charge is 0.317 e. The molecule has 1 heterocycles. The summed E-state index contributed by atoms with van der Waals surface area (Å²) in [6, 6.07) is -0.437. The molecule has 17 heavy (non-hydrogen) atoms. The highest BCUT2D eigenvalue weighted by Crippen LogP contribution is 2.23. The summed E-state index contributed by atoms with van der Waals surface area (Å²) in [5.41, 5.74) is 2.96. The Morgan fingerprint density at radius 1 is 1.59 bits per heavy atom. The van der Waals surface area contributed by atoms with Crippen molar-refractivity contribution in [3.63, 3.8) is 0 Å². The molecule has 6 heteroatoms. The number of amides is 2. The predicted molar refractivity (Wildman–Crippen MR) is 67.2 cm³/mol. The third-order valence-electron chi connectivity index (χ3n) is 2.50. The molecule has 5 nitrogen and oxygen atoms in total. The molecule has 0 unspecified atom stereocenters. The second kappa shape index (κ2) is 6.66. The van der Waals surface area contributed by atoms with Gasteiger partial charge in [-0.25, -0.2) is 5.48 Å². The summed E-state index contributed by atoms with van der Waals surface area (Å²) in [5.74, 6) is 0.818. The Balaban J connectivity index is 2.72. The lowest BCUT2D eigenvalue weighted by atomic mass is 10.2. The van der Waals surface area contributed by atoms with Gasteiger partial charge >= 0.3 is 0 Å². The number of hydrogen-bond acceptors (Lipinski definition) is 4. The summed E-state index contributed by atoms with van der Waals surface area (Å²) in [6.45, 7) is 3.75. The highest BCUT2D eigenvalue weighted by molar-refractivity contribution is 7.99. The van der Waals surface area contributed by atoms with Crippen molar-refractivity contribution in [1.82, 2.24) is 10.4 Å². The second-order valence-corrected chi connectivity index (χ2v) is 4.76. The van der Waals surface area contributed by atoms with Crippen LogP contribution in [0.1, 0.15) is 20.3 Å². The topological polar surface area (TPSA) is 58.6 Å². The van der Waals surface area contributed by atoms with Gasteiger partial charge in [0.2, 0.25) is 0 Å². The predicted octanol–water partition coefficient (Wildman–Crippen LogP) is 0.922. The molecule has 96 valence electrons. The maximum Gasteiger partial charge on any atom is 0.267 e. The Morgan fingerprint density at radius 2 is 2.29 bits per heavy atom. The minimum atomic E-state index is -0.437. The number of carbonyl (C=O) groups excluding carboxylic acids is 2. The molecule has 0 bridgehead atoms. The van der Waals surface area contributed by atoms with E-state index >= 15 is 0 Å². The molecular formula is C11H18N2O3S. The third kappa shape index (κ3) is 3.47. The van der Waals surface area contributed by atoms with E-state index < -0.39 is 6.04 Å². The Kier molecular flexibility index (Phi) is 5.50. The van der Waals surface area contributed by atoms with Gasteiger partial charge in [-0.1, -0.05) is 13.0 Å². The van der Waals surface area contributed by atoms with E-state index in [1.165, 1.54) is 7.11 Å². The molecule has 0 aromatic carbocycles. The number of hydroxylamine groups is 1. The van der Waals surface area contributed by atoms with Gasteiger partial charge < -0.3 is 4.90 Å². The fourth-order valence-electron chi connectivity index (χ4n) is 1.65. The van der Waals surface area contributed by atoms with Gasteiger partial charge in [-0.3, -0.25) is 14.4 Å². The number of rotatable bonds is 4. The maximum absolute atomic E-state index is 12.1. The van der Waals surface area contributed by atoms with Gasteiger partial charge in [-0.2, -0.15) is 0 Å². The Bertz CT molecular complexity index is 331. The highest BCUT2D eigenvalue weighted by Gasteiger charge is 2.34. The number of allylic oxidation sites excluding steroid dienone is 1. The molecule has 0 aliphatic carbocycles. The standard InChI is InChI=1S/C11H18N2O3S/c1-4-5-8(2)11(15)13-7-17-6-9(13)10(14)12-16-3/h5,9H,4,6-7H2,1-3H3,(H,12,14)/b8-5-/t9-/m0/s1. The van der Waals surface area contributed by atoms with Crippen LogP contribution in [-0.4, -0.2) is 41.5 Å². The normalized spacial score (nSPS) is 20.5. The number of hydrogen-bond donors (Lipinski definition) is 1. The summed E-state index contributed by atoms with van der Waals surface area (Å²) in [4.78, 5) is 29.9. The minimum absolute atomic E-state index is 0.0758. The Labute approximate surface area is 106 Å². The summed E-state index contributed by atoms with van der Waals surface area (Å²) >= 11 is 1.57. The summed E-state index contributed by atoms with van der Waals surface area (Å²) in [5, 5.41) is 0. The summed E-state index contributed by atoms with van der Waals surface area (Å²) in [7, 11) is 1.38. The third-order valence-corrected chi connectivity index (χ3v) is 3.51. The van der Waals surface area contributed by atoms with E-state index in [0.717, 1.165) is 6.42 Å². The number of nitrogens with zero attached hydrogens (tertiary/aromatic N) is 1. The first-order chi connectivity index (χ1) is 8.11. The number of carbonyl (C=O) groups is 2. The molecule has 1 saturated heterocycles. The van der Waals surface area contributed by atoms with Crippen LogP contribution in [0.3, 0.4) is 0 Å². The van der Waals surface area contributed by atoms with Crippen LogP contribution in [0.5, 0.6) is 0 Å². The van der Waals surface area contributed by atoms with Gasteiger partial charge in [0.1, 0.15) is 6.04 Å². The first-order valence-corrected chi connectivity index (χ1v) is 6.65. The van der Waals surface area contributed by atoms with Gasteiger partial charge in [0.05, 0.1) is 13.0 Å². The van der Waals surface area contributed by atoms with Gasteiger partial charge in [-0.05, 0) is 13.3 Å². The molecule has 0 saturated carbocycles. The molecule has 0 spiro atoms. The van der Waals surface area contributed by atoms with Gasteiger partial charge in [0.15, 0.2) is 0 Å². The van der Waals surface area contributed by atoms with Crippen molar-refractivity contribution in [3.8, 4) is 0 Å². The van der Waals surface area contributed by atoms with Gasteiger partial charge in [0.25, 0.3) is 11.8 Å². The molecule has 0 radical (unpaired) electrons. The maximum atomic E-state index is 12.1. The fraction of sp³-hybridized carbons (Fsp3) is 0.636. The molecular weight excluding hydrogens is 240 g/mol. The van der Waals surface area contributed by atoms with Crippen molar-refractivity contribution < 1.29 is 14.4 Å². The lowest BCUT2D eigenvalue weighted by molar-refractivity contribution is -0.141. The molecule has 1 aliphatic heterocycles. The van der Waals surface area contributed by atoms with Gasteiger partial charge in [0, 0.05) is 11.3 Å². The van der Waals surface area contributed by atoms with E-state index in [4.69, 9.17) is 0 Å². The van der Waals surface area contributed by atoms with Crippen molar-refractivity contribution in [3.05, 3.63) is 11.6 Å². The van der Waals surface area contributed by atoms with E-state index in [1.54, 1.807) is 23.6 Å². The Hall–Kier alpha value is -1.01. The number of thioether (sulfide) groups is 1. The first kappa shape index (κ1) is 14.1. The average Bonchev–Trinajstić information content (AvgIpc) is 2.77. The van der Waals surface area contributed by atoms with E-state index in [-0.39, 0.29) is 11.8 Å². The van der Waals surface area contributed by atoms with Crippen LogP contribution in [0, 0.1) is 0 Å². The van der Waals surface area contributed by atoms with Crippen LogP contribution in [0.2, 0.25) is 0 Å². The molecule has 0 aromatic rings. The van der Waals surface area contributed by atoms with Crippen LogP contribution in [0.4, 0.5) is 0 Å². The lowest BCUT2D eigenvalue weighted by Gasteiger charge is -2.22.